The van der Waals surface area contributed by atoms with Gasteiger partial charge in [0.05, 0.1) is 51.2 Å². The molecule has 0 saturated carbocycles. The standard InChI is InChI=1S/C9H18O4.C6H14O2.C3H9NO2/c1-7(2)5-8(10)6-13-4-3-9(11)12;1-5(2)3-6(8)4-7;4-1-3(6)2-5/h7-8,10H,3-6H2,1-2H3,(H,11,12);5-8H,3-4H2,1-2H3;3,5-6H,1-2,4H2. The molecule has 0 spiro atoms. The summed E-state index contributed by atoms with van der Waals surface area (Å²) in [5.74, 6) is 0.0218. The summed E-state index contributed by atoms with van der Waals surface area (Å²) in [5.41, 5.74) is 4.87. The number of ether oxygens (including phenoxy) is 1. The summed E-state index contributed by atoms with van der Waals surface area (Å²) in [6.45, 7) is 8.24. The molecule has 0 aromatic heterocycles. The van der Waals surface area contributed by atoms with E-state index in [1.807, 2.05) is 27.7 Å². The minimum absolute atomic E-state index is 0.00556. The molecule has 0 aromatic rings. The van der Waals surface area contributed by atoms with E-state index in [4.69, 9.17) is 36.0 Å². The van der Waals surface area contributed by atoms with Gasteiger partial charge in [0, 0.05) is 6.54 Å². The van der Waals surface area contributed by atoms with E-state index in [0.717, 1.165) is 0 Å². The van der Waals surface area contributed by atoms with E-state index in [9.17, 15) is 9.90 Å². The van der Waals surface area contributed by atoms with E-state index in [-0.39, 0.29) is 39.4 Å². The Morgan fingerprint density at radius 1 is 0.889 bits per heavy atom. The molecule has 0 heterocycles. The maximum Gasteiger partial charge on any atom is 0.305 e. The molecule has 0 bridgehead atoms. The van der Waals surface area contributed by atoms with Crippen molar-refractivity contribution in [3.8, 4) is 0 Å². The van der Waals surface area contributed by atoms with Gasteiger partial charge in [-0.3, -0.25) is 4.79 Å². The second kappa shape index (κ2) is 21.5. The van der Waals surface area contributed by atoms with Gasteiger partial charge in [0.25, 0.3) is 0 Å². The quantitative estimate of drug-likeness (QED) is 0.215. The number of hydrogen-bond donors (Lipinski definition) is 7. The van der Waals surface area contributed by atoms with Crippen molar-refractivity contribution >= 4 is 5.97 Å². The van der Waals surface area contributed by atoms with E-state index >= 15 is 0 Å². The van der Waals surface area contributed by atoms with Crippen LogP contribution in [0.25, 0.3) is 0 Å². The summed E-state index contributed by atoms with van der Waals surface area (Å²) in [7, 11) is 0. The zero-order valence-electron chi connectivity index (χ0n) is 17.1. The molecular formula is C18H41NO8. The second-order valence-electron chi connectivity index (χ2n) is 7.04. The van der Waals surface area contributed by atoms with Gasteiger partial charge in [-0.25, -0.2) is 0 Å². The first-order valence-corrected chi connectivity index (χ1v) is 9.25. The lowest BCUT2D eigenvalue weighted by Crippen LogP contribution is -2.22. The third-order valence-electron chi connectivity index (χ3n) is 2.95. The van der Waals surface area contributed by atoms with Crippen molar-refractivity contribution < 1.29 is 40.2 Å². The van der Waals surface area contributed by atoms with Crippen LogP contribution in [0.15, 0.2) is 0 Å². The maximum atomic E-state index is 10.1. The SMILES string of the molecule is CC(C)CC(O)CO.CC(C)CC(O)COCCC(=O)O.NCC(O)CO. The van der Waals surface area contributed by atoms with Crippen LogP contribution in [0, 0.1) is 11.8 Å². The van der Waals surface area contributed by atoms with Crippen molar-refractivity contribution in [2.45, 2.75) is 65.3 Å². The Labute approximate surface area is 162 Å². The number of aliphatic hydroxyl groups excluding tert-OH is 5. The fourth-order valence-corrected chi connectivity index (χ4v) is 1.68. The molecule has 3 atom stereocenters. The van der Waals surface area contributed by atoms with Crippen molar-refractivity contribution in [2.75, 3.05) is 33.0 Å². The molecule has 27 heavy (non-hydrogen) atoms. The summed E-state index contributed by atoms with van der Waals surface area (Å²) in [6, 6.07) is 0. The molecule has 3 unspecified atom stereocenters. The highest BCUT2D eigenvalue weighted by Gasteiger charge is 2.07. The highest BCUT2D eigenvalue weighted by atomic mass is 16.5. The molecule has 0 aliphatic carbocycles. The Morgan fingerprint density at radius 3 is 1.59 bits per heavy atom. The van der Waals surface area contributed by atoms with Gasteiger partial charge in [-0.1, -0.05) is 27.7 Å². The Morgan fingerprint density at radius 2 is 1.33 bits per heavy atom. The lowest BCUT2D eigenvalue weighted by molar-refractivity contribution is -0.138. The first-order valence-electron chi connectivity index (χ1n) is 9.25. The second-order valence-corrected chi connectivity index (χ2v) is 7.04. The van der Waals surface area contributed by atoms with E-state index in [1.165, 1.54) is 0 Å². The number of rotatable bonds is 12. The molecule has 0 aliphatic heterocycles. The smallest absolute Gasteiger partial charge is 0.305 e. The monoisotopic (exact) mass is 399 g/mol. The molecule has 0 rings (SSSR count). The Kier molecular flexibility index (Phi) is 24.6. The van der Waals surface area contributed by atoms with Crippen LogP contribution in [0.5, 0.6) is 0 Å². The molecule has 0 aromatic carbocycles. The predicted octanol–water partition coefficient (Wildman–Crippen LogP) is -0.431. The highest BCUT2D eigenvalue weighted by molar-refractivity contribution is 5.66. The number of aliphatic carboxylic acids is 1. The van der Waals surface area contributed by atoms with Crippen LogP contribution in [-0.2, 0) is 9.53 Å². The number of carboxylic acid groups (broad SMARTS) is 1. The van der Waals surface area contributed by atoms with Crippen LogP contribution in [0.2, 0.25) is 0 Å². The molecule has 9 nitrogen and oxygen atoms in total. The van der Waals surface area contributed by atoms with Gasteiger partial charge in [0.15, 0.2) is 0 Å². The maximum absolute atomic E-state index is 10.1. The first kappa shape index (κ1) is 30.9. The number of carbonyl (C=O) groups is 1. The molecule has 0 saturated heterocycles. The van der Waals surface area contributed by atoms with Gasteiger partial charge in [0.2, 0.25) is 0 Å². The van der Waals surface area contributed by atoms with Crippen molar-refractivity contribution in [3.05, 3.63) is 0 Å². The van der Waals surface area contributed by atoms with Crippen LogP contribution in [-0.4, -0.2) is 87.9 Å². The Bertz CT molecular complexity index is 312. The van der Waals surface area contributed by atoms with Crippen molar-refractivity contribution in [2.24, 2.45) is 17.6 Å². The fourth-order valence-electron chi connectivity index (χ4n) is 1.68. The van der Waals surface area contributed by atoms with E-state index in [2.05, 4.69) is 0 Å². The molecule has 0 amide bonds. The zero-order chi connectivity index (χ0) is 21.8. The third-order valence-corrected chi connectivity index (χ3v) is 2.95. The molecule has 9 heteroatoms. The van der Waals surface area contributed by atoms with Crippen molar-refractivity contribution in [1.29, 1.82) is 0 Å². The number of nitrogens with two attached hydrogens (primary N) is 1. The zero-order valence-corrected chi connectivity index (χ0v) is 17.1. The van der Waals surface area contributed by atoms with E-state index in [1.54, 1.807) is 0 Å². The molecule has 0 radical (unpaired) electrons. The number of hydrogen-bond acceptors (Lipinski definition) is 8. The molecular weight excluding hydrogens is 358 g/mol. The molecule has 8 N–H and O–H groups in total. The van der Waals surface area contributed by atoms with Gasteiger partial charge in [-0.15, -0.1) is 0 Å². The van der Waals surface area contributed by atoms with Crippen molar-refractivity contribution in [1.82, 2.24) is 0 Å². The van der Waals surface area contributed by atoms with Crippen LogP contribution < -0.4 is 5.73 Å². The first-order chi connectivity index (χ1) is 12.5. The lowest BCUT2D eigenvalue weighted by atomic mass is 10.1. The number of aliphatic hydroxyl groups is 5. The largest absolute Gasteiger partial charge is 0.481 e. The van der Waals surface area contributed by atoms with Gasteiger partial charge in [-0.05, 0) is 24.7 Å². The van der Waals surface area contributed by atoms with Crippen LogP contribution >= 0.6 is 0 Å². The van der Waals surface area contributed by atoms with Crippen LogP contribution in [0.4, 0.5) is 0 Å². The van der Waals surface area contributed by atoms with Gasteiger partial charge >= 0.3 is 5.97 Å². The van der Waals surface area contributed by atoms with E-state index < -0.39 is 24.3 Å². The summed E-state index contributed by atoms with van der Waals surface area (Å²) in [6.07, 6.45) is -0.355. The minimum atomic E-state index is -0.877. The average Bonchev–Trinajstić information content (AvgIpc) is 2.57. The lowest BCUT2D eigenvalue weighted by Gasteiger charge is -2.12. The summed E-state index contributed by atoms with van der Waals surface area (Å²) < 4.78 is 4.98. The summed E-state index contributed by atoms with van der Waals surface area (Å²) in [5, 5.41) is 51.0. The highest BCUT2D eigenvalue weighted by Crippen LogP contribution is 2.04. The topological polar surface area (TPSA) is 174 Å². The van der Waals surface area contributed by atoms with Gasteiger partial charge in [0.1, 0.15) is 0 Å². The predicted molar refractivity (Wildman–Crippen MR) is 103 cm³/mol. The molecule has 166 valence electrons. The third kappa shape index (κ3) is 33.2. The average molecular weight is 400 g/mol. The van der Waals surface area contributed by atoms with Crippen LogP contribution in [0.1, 0.15) is 47.0 Å². The van der Waals surface area contributed by atoms with Gasteiger partial charge in [-0.2, -0.15) is 0 Å². The minimum Gasteiger partial charge on any atom is -0.481 e. The normalized spacial score (nSPS) is 13.9. The summed E-state index contributed by atoms with van der Waals surface area (Å²) >= 11 is 0. The van der Waals surface area contributed by atoms with E-state index in [0.29, 0.717) is 24.7 Å². The number of carboxylic acids is 1. The van der Waals surface area contributed by atoms with Crippen molar-refractivity contribution in [3.63, 3.8) is 0 Å². The Hall–Kier alpha value is -0.810. The molecule has 0 aliphatic rings. The van der Waals surface area contributed by atoms with Gasteiger partial charge < -0.3 is 41.1 Å². The summed E-state index contributed by atoms with van der Waals surface area (Å²) in [4.78, 5) is 10.1. The fraction of sp³-hybridized carbons (Fsp3) is 0.944. The Balaban J connectivity index is -0.000000351. The molecule has 0 fully saturated rings. The van der Waals surface area contributed by atoms with Crippen LogP contribution in [0.3, 0.4) is 0 Å².